The van der Waals surface area contributed by atoms with Crippen molar-refractivity contribution in [2.24, 2.45) is 5.92 Å². The van der Waals surface area contributed by atoms with E-state index in [0.29, 0.717) is 29.6 Å². The fourth-order valence-corrected chi connectivity index (χ4v) is 2.73. The van der Waals surface area contributed by atoms with Crippen molar-refractivity contribution < 1.29 is 17.9 Å². The highest BCUT2D eigenvalue weighted by atomic mass is 19.4. The molecule has 0 aliphatic heterocycles. The molecule has 1 heterocycles. The standard InChI is InChI=1S/C23H25F3N4O/c1-4-16-5-7-18(8-6-16)29-22-27-13-20(23(24,25)26)21(30-22)28-17-9-11-19(12-10-17)31-14-15(2)3/h5-13,15H,4,14H2,1-3H3,(H2,27,28,29,30). The zero-order chi connectivity index (χ0) is 22.4. The summed E-state index contributed by atoms with van der Waals surface area (Å²) in [4.78, 5) is 7.91. The maximum atomic E-state index is 13.5. The van der Waals surface area contributed by atoms with Gasteiger partial charge >= 0.3 is 6.18 Å². The number of ether oxygens (including phenoxy) is 1. The summed E-state index contributed by atoms with van der Waals surface area (Å²) in [6.07, 6.45) is -2.92. The summed E-state index contributed by atoms with van der Waals surface area (Å²) < 4.78 is 46.0. The number of alkyl halides is 3. The van der Waals surface area contributed by atoms with Crippen molar-refractivity contribution in [3.63, 3.8) is 0 Å². The Balaban J connectivity index is 1.81. The Morgan fingerprint density at radius 1 is 0.935 bits per heavy atom. The second-order valence-electron chi connectivity index (χ2n) is 7.48. The van der Waals surface area contributed by atoms with Crippen LogP contribution in [0.4, 0.5) is 36.3 Å². The molecule has 0 saturated heterocycles. The molecule has 0 bridgehead atoms. The van der Waals surface area contributed by atoms with Crippen LogP contribution in [0.5, 0.6) is 5.75 Å². The van der Waals surface area contributed by atoms with Gasteiger partial charge in [0.15, 0.2) is 0 Å². The largest absolute Gasteiger partial charge is 0.493 e. The van der Waals surface area contributed by atoms with Crippen LogP contribution < -0.4 is 15.4 Å². The van der Waals surface area contributed by atoms with Gasteiger partial charge in [0.25, 0.3) is 0 Å². The molecule has 5 nitrogen and oxygen atoms in total. The summed E-state index contributed by atoms with van der Waals surface area (Å²) in [5, 5.41) is 5.70. The number of rotatable bonds is 8. The minimum absolute atomic E-state index is 0.0663. The van der Waals surface area contributed by atoms with Crippen LogP contribution in [0.2, 0.25) is 0 Å². The molecule has 2 N–H and O–H groups in total. The average molecular weight is 430 g/mol. The first-order valence-electron chi connectivity index (χ1n) is 10.0. The van der Waals surface area contributed by atoms with Crippen LogP contribution in [-0.4, -0.2) is 16.6 Å². The number of nitrogens with zero attached hydrogens (tertiary/aromatic N) is 2. The summed E-state index contributed by atoms with van der Waals surface area (Å²) >= 11 is 0. The van der Waals surface area contributed by atoms with E-state index in [1.165, 1.54) is 0 Å². The van der Waals surface area contributed by atoms with E-state index >= 15 is 0 Å². The third-order valence-electron chi connectivity index (χ3n) is 4.41. The minimum atomic E-state index is -4.59. The van der Waals surface area contributed by atoms with E-state index in [2.05, 4.69) is 20.6 Å². The van der Waals surface area contributed by atoms with E-state index in [4.69, 9.17) is 4.74 Å². The van der Waals surface area contributed by atoms with Crippen LogP contribution in [0.15, 0.2) is 54.7 Å². The molecule has 0 unspecified atom stereocenters. The Morgan fingerprint density at radius 3 is 2.13 bits per heavy atom. The van der Waals surface area contributed by atoms with Crippen LogP contribution >= 0.6 is 0 Å². The van der Waals surface area contributed by atoms with Crippen molar-refractivity contribution in [3.05, 3.63) is 65.9 Å². The van der Waals surface area contributed by atoms with E-state index in [1.807, 2.05) is 45.0 Å². The molecule has 0 aliphatic carbocycles. The number of aromatic nitrogens is 2. The molecule has 164 valence electrons. The molecule has 8 heteroatoms. The Labute approximate surface area is 179 Å². The fraction of sp³-hybridized carbons (Fsp3) is 0.304. The van der Waals surface area contributed by atoms with Gasteiger partial charge in [-0.05, 0) is 54.3 Å². The smallest absolute Gasteiger partial charge is 0.421 e. The average Bonchev–Trinajstić information content (AvgIpc) is 2.73. The SMILES string of the molecule is CCc1ccc(Nc2ncc(C(F)(F)F)c(Nc3ccc(OCC(C)C)cc3)n2)cc1. The highest BCUT2D eigenvalue weighted by Crippen LogP contribution is 2.35. The van der Waals surface area contributed by atoms with Gasteiger partial charge in [-0.15, -0.1) is 0 Å². The Bertz CT molecular complexity index is 987. The second kappa shape index (κ2) is 9.68. The summed E-state index contributed by atoms with van der Waals surface area (Å²) in [6, 6.07) is 14.2. The van der Waals surface area contributed by atoms with Crippen LogP contribution in [0.25, 0.3) is 0 Å². The van der Waals surface area contributed by atoms with E-state index in [1.54, 1.807) is 24.3 Å². The van der Waals surface area contributed by atoms with Gasteiger partial charge in [0, 0.05) is 17.6 Å². The Kier molecular flexibility index (Phi) is 6.99. The summed E-state index contributed by atoms with van der Waals surface area (Å²) in [5.74, 6) is 0.760. The van der Waals surface area contributed by atoms with Gasteiger partial charge in [0.1, 0.15) is 17.1 Å². The first-order chi connectivity index (χ1) is 14.7. The normalized spacial score (nSPS) is 11.5. The molecule has 0 saturated carbocycles. The lowest BCUT2D eigenvalue weighted by molar-refractivity contribution is -0.137. The highest BCUT2D eigenvalue weighted by Gasteiger charge is 2.35. The number of nitrogens with one attached hydrogen (secondary N) is 2. The number of hydrogen-bond donors (Lipinski definition) is 2. The van der Waals surface area contributed by atoms with Gasteiger partial charge in [-0.1, -0.05) is 32.9 Å². The highest BCUT2D eigenvalue weighted by molar-refractivity contribution is 5.63. The quantitative estimate of drug-likeness (QED) is 0.423. The van der Waals surface area contributed by atoms with Gasteiger partial charge in [-0.25, -0.2) is 4.98 Å². The van der Waals surface area contributed by atoms with Crippen molar-refractivity contribution in [1.82, 2.24) is 9.97 Å². The van der Waals surface area contributed by atoms with E-state index < -0.39 is 11.7 Å². The third-order valence-corrected chi connectivity index (χ3v) is 4.41. The molecule has 3 rings (SSSR count). The summed E-state index contributed by atoms with van der Waals surface area (Å²) in [5.41, 5.74) is 1.36. The van der Waals surface area contributed by atoms with Crippen LogP contribution in [-0.2, 0) is 12.6 Å². The Hall–Kier alpha value is -3.29. The topological polar surface area (TPSA) is 59.1 Å². The van der Waals surface area contributed by atoms with Crippen molar-refractivity contribution in [2.75, 3.05) is 17.2 Å². The number of hydrogen-bond acceptors (Lipinski definition) is 5. The lowest BCUT2D eigenvalue weighted by Gasteiger charge is -2.15. The fourth-order valence-electron chi connectivity index (χ4n) is 2.73. The van der Waals surface area contributed by atoms with Crippen molar-refractivity contribution in [1.29, 1.82) is 0 Å². The first kappa shape index (κ1) is 22.4. The van der Waals surface area contributed by atoms with Gasteiger partial charge in [-0.3, -0.25) is 0 Å². The zero-order valence-corrected chi connectivity index (χ0v) is 17.6. The van der Waals surface area contributed by atoms with E-state index in [0.717, 1.165) is 18.2 Å². The van der Waals surface area contributed by atoms with Crippen molar-refractivity contribution in [3.8, 4) is 5.75 Å². The summed E-state index contributed by atoms with van der Waals surface area (Å²) in [6.45, 7) is 6.68. The van der Waals surface area contributed by atoms with Crippen LogP contribution in [0.3, 0.4) is 0 Å². The zero-order valence-electron chi connectivity index (χ0n) is 17.6. The number of halogens is 3. The summed E-state index contributed by atoms with van der Waals surface area (Å²) in [7, 11) is 0. The molecule has 0 spiro atoms. The number of anilines is 4. The van der Waals surface area contributed by atoms with Gasteiger partial charge in [0.2, 0.25) is 5.95 Å². The molecule has 0 atom stereocenters. The van der Waals surface area contributed by atoms with Crippen LogP contribution in [0, 0.1) is 5.92 Å². The second-order valence-corrected chi connectivity index (χ2v) is 7.48. The molecule has 3 aromatic rings. The van der Waals surface area contributed by atoms with Gasteiger partial charge < -0.3 is 15.4 Å². The molecule has 1 aromatic heterocycles. The molecule has 0 radical (unpaired) electrons. The predicted octanol–water partition coefficient (Wildman–Crippen LogP) is 6.58. The lowest BCUT2D eigenvalue weighted by Crippen LogP contribution is -2.12. The van der Waals surface area contributed by atoms with Gasteiger partial charge in [-0.2, -0.15) is 18.2 Å². The molecular weight excluding hydrogens is 405 g/mol. The van der Waals surface area contributed by atoms with Gasteiger partial charge in [0.05, 0.1) is 6.61 Å². The van der Waals surface area contributed by atoms with E-state index in [9.17, 15) is 13.2 Å². The molecule has 31 heavy (non-hydrogen) atoms. The first-order valence-corrected chi connectivity index (χ1v) is 10.0. The number of aryl methyl sites for hydroxylation is 1. The third kappa shape index (κ3) is 6.34. The maximum Gasteiger partial charge on any atom is 0.421 e. The maximum absolute atomic E-state index is 13.5. The predicted molar refractivity (Wildman–Crippen MR) is 116 cm³/mol. The molecule has 0 amide bonds. The van der Waals surface area contributed by atoms with Crippen LogP contribution in [0.1, 0.15) is 31.9 Å². The molecule has 2 aromatic carbocycles. The number of benzene rings is 2. The lowest BCUT2D eigenvalue weighted by atomic mass is 10.1. The monoisotopic (exact) mass is 430 g/mol. The minimum Gasteiger partial charge on any atom is -0.493 e. The van der Waals surface area contributed by atoms with Crippen molar-refractivity contribution in [2.45, 2.75) is 33.4 Å². The molecular formula is C23H25F3N4O. The van der Waals surface area contributed by atoms with E-state index in [-0.39, 0.29) is 11.8 Å². The van der Waals surface area contributed by atoms with Crippen molar-refractivity contribution >= 4 is 23.1 Å². The molecule has 0 aliphatic rings. The Morgan fingerprint density at radius 2 is 1.55 bits per heavy atom. The molecule has 0 fully saturated rings.